The van der Waals surface area contributed by atoms with Crippen molar-refractivity contribution in [2.45, 2.75) is 31.5 Å². The van der Waals surface area contributed by atoms with Crippen molar-refractivity contribution in [3.05, 3.63) is 23.8 Å². The minimum atomic E-state index is -3.57. The Morgan fingerprint density at radius 2 is 1.90 bits per heavy atom. The molecule has 114 valence electrons. The lowest BCUT2D eigenvalue weighted by Gasteiger charge is -2.26. The summed E-state index contributed by atoms with van der Waals surface area (Å²) < 4.78 is 31.7. The van der Waals surface area contributed by atoms with Gasteiger partial charge in [-0.3, -0.25) is 0 Å². The molecule has 0 bridgehead atoms. The maximum Gasteiger partial charge on any atom is 0.246 e. The van der Waals surface area contributed by atoms with E-state index in [0.29, 0.717) is 18.2 Å². The molecule has 0 saturated carbocycles. The van der Waals surface area contributed by atoms with E-state index in [-0.39, 0.29) is 10.3 Å². The highest BCUT2D eigenvalue weighted by atomic mass is 35.5. The van der Waals surface area contributed by atoms with Gasteiger partial charge in [-0.2, -0.15) is 0 Å². The van der Waals surface area contributed by atoms with Crippen molar-refractivity contribution in [3.8, 4) is 5.75 Å². The molecule has 0 aliphatic rings. The molecular weight excluding hydrogens is 298 g/mol. The Morgan fingerprint density at radius 1 is 1.30 bits per heavy atom. The van der Waals surface area contributed by atoms with Crippen LogP contribution in [-0.2, 0) is 15.9 Å². The summed E-state index contributed by atoms with van der Waals surface area (Å²) in [6, 6.07) is 4.91. The minimum Gasteiger partial charge on any atom is -0.495 e. The number of methoxy groups -OCH3 is 1. The molecule has 1 aromatic carbocycles. The number of sulfonamides is 1. The molecule has 0 saturated heterocycles. The van der Waals surface area contributed by atoms with Crippen LogP contribution in [-0.4, -0.2) is 33.4 Å². The fourth-order valence-corrected chi connectivity index (χ4v) is 3.62. The molecule has 0 atom stereocenters. The van der Waals surface area contributed by atoms with E-state index in [1.807, 2.05) is 20.8 Å². The molecule has 0 spiro atoms. The van der Waals surface area contributed by atoms with Gasteiger partial charge in [0.15, 0.2) is 0 Å². The van der Waals surface area contributed by atoms with Crippen molar-refractivity contribution in [2.24, 2.45) is 5.41 Å². The first-order valence-corrected chi connectivity index (χ1v) is 8.28. The van der Waals surface area contributed by atoms with Gasteiger partial charge in [0.2, 0.25) is 10.0 Å². The Bertz CT molecular complexity index is 564. The average Bonchev–Trinajstić information content (AvgIpc) is 2.35. The fraction of sp³-hybridized carbons (Fsp3) is 0.571. The summed E-state index contributed by atoms with van der Waals surface area (Å²) in [5, 5.41) is 0. The number of benzene rings is 1. The third-order valence-electron chi connectivity index (χ3n) is 2.77. The minimum absolute atomic E-state index is 0.120. The topological polar surface area (TPSA) is 46.6 Å². The van der Waals surface area contributed by atoms with Gasteiger partial charge in [0, 0.05) is 19.5 Å². The first kappa shape index (κ1) is 17.3. The molecule has 0 N–H and O–H groups in total. The van der Waals surface area contributed by atoms with E-state index in [0.717, 1.165) is 5.56 Å². The average molecular weight is 320 g/mol. The molecule has 0 aliphatic heterocycles. The monoisotopic (exact) mass is 319 g/mol. The molecule has 0 aliphatic carbocycles. The van der Waals surface area contributed by atoms with Gasteiger partial charge in [0.1, 0.15) is 10.6 Å². The molecule has 0 fully saturated rings. The van der Waals surface area contributed by atoms with Crippen molar-refractivity contribution in [1.29, 1.82) is 0 Å². The number of hydrogen-bond donors (Lipinski definition) is 0. The second kappa shape index (κ2) is 6.33. The highest BCUT2D eigenvalue weighted by Crippen LogP contribution is 2.29. The lowest BCUT2D eigenvalue weighted by Crippen LogP contribution is -2.34. The second-order valence-electron chi connectivity index (χ2n) is 5.94. The van der Waals surface area contributed by atoms with Crippen molar-refractivity contribution >= 4 is 21.6 Å². The zero-order chi connectivity index (χ0) is 15.6. The van der Waals surface area contributed by atoms with Gasteiger partial charge < -0.3 is 4.74 Å². The van der Waals surface area contributed by atoms with Gasteiger partial charge in [0.25, 0.3) is 0 Å². The normalized spacial score (nSPS) is 12.8. The van der Waals surface area contributed by atoms with Gasteiger partial charge >= 0.3 is 0 Å². The van der Waals surface area contributed by atoms with Gasteiger partial charge in [-0.15, -0.1) is 11.6 Å². The molecule has 0 amide bonds. The van der Waals surface area contributed by atoms with Crippen molar-refractivity contribution in [2.75, 3.05) is 20.7 Å². The van der Waals surface area contributed by atoms with E-state index in [1.54, 1.807) is 25.2 Å². The molecule has 6 heteroatoms. The van der Waals surface area contributed by atoms with E-state index >= 15 is 0 Å². The first-order chi connectivity index (χ1) is 9.11. The van der Waals surface area contributed by atoms with E-state index in [2.05, 4.69) is 0 Å². The highest BCUT2D eigenvalue weighted by Gasteiger charge is 2.28. The SMILES string of the molecule is COc1cc(CCl)ccc1S(=O)(=O)N(C)CC(C)(C)C. The Morgan fingerprint density at radius 3 is 2.35 bits per heavy atom. The maximum atomic E-state index is 12.6. The molecule has 0 aromatic heterocycles. The predicted molar refractivity (Wildman–Crippen MR) is 81.8 cm³/mol. The summed E-state index contributed by atoms with van der Waals surface area (Å²) in [6.07, 6.45) is 0. The van der Waals surface area contributed by atoms with E-state index < -0.39 is 10.0 Å². The van der Waals surface area contributed by atoms with Crippen LogP contribution < -0.4 is 4.74 Å². The third kappa shape index (κ3) is 4.11. The predicted octanol–water partition coefficient (Wildman–Crippen LogP) is 3.10. The number of rotatable bonds is 5. The molecule has 0 unspecified atom stereocenters. The first-order valence-electron chi connectivity index (χ1n) is 6.31. The Balaban J connectivity index is 3.21. The van der Waals surface area contributed by atoms with Crippen LogP contribution in [0.15, 0.2) is 23.1 Å². The second-order valence-corrected chi connectivity index (χ2v) is 8.22. The van der Waals surface area contributed by atoms with Crippen molar-refractivity contribution in [3.63, 3.8) is 0 Å². The highest BCUT2D eigenvalue weighted by molar-refractivity contribution is 7.89. The van der Waals surface area contributed by atoms with Gasteiger partial charge in [-0.1, -0.05) is 26.8 Å². The fourth-order valence-electron chi connectivity index (χ4n) is 1.93. The summed E-state index contributed by atoms with van der Waals surface area (Å²) in [4.78, 5) is 0.167. The van der Waals surface area contributed by atoms with Crippen molar-refractivity contribution < 1.29 is 13.2 Å². The molecule has 0 radical (unpaired) electrons. The molecule has 20 heavy (non-hydrogen) atoms. The van der Waals surface area contributed by atoms with Crippen LogP contribution in [0.5, 0.6) is 5.75 Å². The summed E-state index contributed by atoms with van der Waals surface area (Å²) in [6.45, 7) is 6.41. The number of alkyl halides is 1. The zero-order valence-corrected chi connectivity index (χ0v) is 14.2. The molecule has 1 rings (SSSR count). The van der Waals surface area contributed by atoms with Crippen LogP contribution in [0.2, 0.25) is 0 Å². The summed E-state index contributed by atoms with van der Waals surface area (Å²) in [7, 11) is -0.541. The Labute approximate surface area is 126 Å². The molecule has 4 nitrogen and oxygen atoms in total. The number of hydrogen-bond acceptors (Lipinski definition) is 3. The third-order valence-corrected chi connectivity index (χ3v) is 4.92. The van der Waals surface area contributed by atoms with E-state index in [1.165, 1.54) is 11.4 Å². The lowest BCUT2D eigenvalue weighted by atomic mass is 9.97. The van der Waals surface area contributed by atoms with Gasteiger partial charge in [-0.25, -0.2) is 12.7 Å². The van der Waals surface area contributed by atoms with Crippen molar-refractivity contribution in [1.82, 2.24) is 4.31 Å². The lowest BCUT2D eigenvalue weighted by molar-refractivity contribution is 0.309. The molecular formula is C14H22ClNO3S. The van der Waals surface area contributed by atoms with Crippen LogP contribution in [0.3, 0.4) is 0 Å². The van der Waals surface area contributed by atoms with Gasteiger partial charge in [0.05, 0.1) is 7.11 Å². The number of halogens is 1. The number of ether oxygens (including phenoxy) is 1. The summed E-state index contributed by atoms with van der Waals surface area (Å²) in [5.74, 6) is 0.637. The van der Waals surface area contributed by atoms with Crippen LogP contribution >= 0.6 is 11.6 Å². The van der Waals surface area contributed by atoms with Crippen LogP contribution in [0, 0.1) is 5.41 Å². The molecule has 0 heterocycles. The largest absolute Gasteiger partial charge is 0.495 e. The maximum absolute atomic E-state index is 12.6. The van der Waals surface area contributed by atoms with Crippen LogP contribution in [0.25, 0.3) is 0 Å². The van der Waals surface area contributed by atoms with Gasteiger partial charge in [-0.05, 0) is 23.1 Å². The van der Waals surface area contributed by atoms with Crippen LogP contribution in [0.4, 0.5) is 0 Å². The smallest absolute Gasteiger partial charge is 0.246 e. The zero-order valence-electron chi connectivity index (χ0n) is 12.6. The number of nitrogens with zero attached hydrogens (tertiary/aromatic N) is 1. The van der Waals surface area contributed by atoms with Crippen LogP contribution in [0.1, 0.15) is 26.3 Å². The Hall–Kier alpha value is -0.780. The van der Waals surface area contributed by atoms with E-state index in [9.17, 15) is 8.42 Å². The Kier molecular flexibility index (Phi) is 5.46. The standard InChI is InChI=1S/C14H22ClNO3S/c1-14(2,3)10-16(4)20(17,18)13-7-6-11(9-15)8-12(13)19-5/h6-8H,9-10H2,1-5H3. The van der Waals surface area contributed by atoms with E-state index in [4.69, 9.17) is 16.3 Å². The quantitative estimate of drug-likeness (QED) is 0.783. The molecule has 1 aromatic rings. The summed E-state index contributed by atoms with van der Waals surface area (Å²) >= 11 is 5.76. The summed E-state index contributed by atoms with van der Waals surface area (Å²) in [5.41, 5.74) is 0.700.